The Kier molecular flexibility index (Phi) is 1.93. The summed E-state index contributed by atoms with van der Waals surface area (Å²) < 4.78 is 12.8. The van der Waals surface area contributed by atoms with Gasteiger partial charge in [0.15, 0.2) is 0 Å². The van der Waals surface area contributed by atoms with E-state index in [0.717, 1.165) is 0 Å². The van der Waals surface area contributed by atoms with Crippen molar-refractivity contribution in [2.45, 2.75) is 0 Å². The van der Waals surface area contributed by atoms with Crippen LogP contribution in [0.1, 0.15) is 10.5 Å². The van der Waals surface area contributed by atoms with Crippen LogP contribution in [-0.2, 0) is 0 Å². The zero-order valence-electron chi connectivity index (χ0n) is 6.84. The number of halogens is 2. The molecule has 0 unspecified atom stereocenters. The summed E-state index contributed by atoms with van der Waals surface area (Å²) in [7, 11) is 0. The highest BCUT2D eigenvalue weighted by Gasteiger charge is 2.15. The van der Waals surface area contributed by atoms with Gasteiger partial charge >= 0.3 is 5.97 Å². The second kappa shape index (κ2) is 2.99. The minimum Gasteiger partial charge on any atom is -0.477 e. The monoisotopic (exact) mass is 213 g/mol. The van der Waals surface area contributed by atoms with Crippen molar-refractivity contribution in [3.63, 3.8) is 0 Å². The summed E-state index contributed by atoms with van der Waals surface area (Å²) in [4.78, 5) is 13.3. The van der Waals surface area contributed by atoms with Crippen molar-refractivity contribution in [1.29, 1.82) is 0 Å². The van der Waals surface area contributed by atoms with Gasteiger partial charge in [0.05, 0.1) is 5.02 Å². The van der Waals surface area contributed by atoms with Crippen molar-refractivity contribution in [3.8, 4) is 0 Å². The molecule has 72 valence electrons. The van der Waals surface area contributed by atoms with Crippen LogP contribution in [0, 0.1) is 5.82 Å². The van der Waals surface area contributed by atoms with Crippen molar-refractivity contribution in [1.82, 2.24) is 4.98 Å². The highest BCUT2D eigenvalue weighted by atomic mass is 35.5. The second-order valence-corrected chi connectivity index (χ2v) is 3.19. The number of H-pyrrole nitrogens is 1. The fraction of sp³-hybridized carbons (Fsp3) is 0. The lowest BCUT2D eigenvalue weighted by Gasteiger charge is -1.89. The summed E-state index contributed by atoms with van der Waals surface area (Å²) in [5.74, 6) is -1.61. The Morgan fingerprint density at radius 1 is 1.50 bits per heavy atom. The molecule has 0 aliphatic heterocycles. The van der Waals surface area contributed by atoms with Crippen LogP contribution in [0.3, 0.4) is 0 Å². The molecule has 0 aliphatic rings. The maximum absolute atomic E-state index is 12.8. The van der Waals surface area contributed by atoms with Crippen LogP contribution in [0.15, 0.2) is 18.2 Å². The molecule has 0 spiro atoms. The average molecular weight is 214 g/mol. The Bertz CT molecular complexity index is 521. The van der Waals surface area contributed by atoms with E-state index >= 15 is 0 Å². The molecule has 0 aliphatic carbocycles. The predicted molar refractivity (Wildman–Crippen MR) is 50.2 cm³/mol. The van der Waals surface area contributed by atoms with E-state index in [2.05, 4.69) is 4.98 Å². The zero-order valence-corrected chi connectivity index (χ0v) is 7.60. The summed E-state index contributed by atoms with van der Waals surface area (Å²) in [5, 5.41) is 9.14. The molecule has 1 aromatic heterocycles. The lowest BCUT2D eigenvalue weighted by molar-refractivity contribution is 0.0691. The van der Waals surface area contributed by atoms with Gasteiger partial charge < -0.3 is 10.1 Å². The molecule has 14 heavy (non-hydrogen) atoms. The first-order valence-electron chi connectivity index (χ1n) is 3.79. The number of carboxylic acid groups (broad SMARTS) is 1. The van der Waals surface area contributed by atoms with E-state index < -0.39 is 11.8 Å². The largest absolute Gasteiger partial charge is 0.477 e. The third kappa shape index (κ3) is 1.24. The van der Waals surface area contributed by atoms with Crippen LogP contribution >= 0.6 is 11.6 Å². The van der Waals surface area contributed by atoms with Crippen molar-refractivity contribution in [3.05, 3.63) is 34.7 Å². The van der Waals surface area contributed by atoms with E-state index in [9.17, 15) is 9.18 Å². The molecule has 1 heterocycles. The highest BCUT2D eigenvalue weighted by Crippen LogP contribution is 2.27. The first kappa shape index (κ1) is 9.02. The molecule has 0 amide bonds. The van der Waals surface area contributed by atoms with Crippen LogP contribution < -0.4 is 0 Å². The Balaban J connectivity index is 2.80. The SMILES string of the molecule is O=C(O)c1[nH]c2ccc(F)cc2c1Cl. The van der Waals surface area contributed by atoms with E-state index in [1.807, 2.05) is 0 Å². The van der Waals surface area contributed by atoms with E-state index in [-0.39, 0.29) is 10.7 Å². The number of hydrogen-bond acceptors (Lipinski definition) is 1. The standard InChI is InChI=1S/C9H5ClFNO2/c10-7-5-3-4(11)1-2-6(5)12-8(7)9(13)14/h1-3,12H,(H,13,14). The Hall–Kier alpha value is -1.55. The first-order chi connectivity index (χ1) is 6.59. The van der Waals surface area contributed by atoms with Gasteiger partial charge in [0.1, 0.15) is 11.5 Å². The van der Waals surface area contributed by atoms with Gasteiger partial charge in [-0.3, -0.25) is 0 Å². The minimum atomic E-state index is -1.16. The molecule has 2 N–H and O–H groups in total. The third-order valence-corrected chi connectivity index (χ3v) is 2.30. The van der Waals surface area contributed by atoms with Gasteiger partial charge in [0.2, 0.25) is 0 Å². The van der Waals surface area contributed by atoms with Crippen molar-refractivity contribution in [2.75, 3.05) is 0 Å². The molecule has 0 fully saturated rings. The number of aromatic carboxylic acids is 1. The third-order valence-electron chi connectivity index (χ3n) is 1.91. The maximum atomic E-state index is 12.8. The first-order valence-corrected chi connectivity index (χ1v) is 4.17. The number of rotatable bonds is 1. The smallest absolute Gasteiger partial charge is 0.353 e. The fourth-order valence-electron chi connectivity index (χ4n) is 1.28. The molecule has 3 nitrogen and oxygen atoms in total. The molecule has 0 atom stereocenters. The van der Waals surface area contributed by atoms with Crippen LogP contribution in [0.5, 0.6) is 0 Å². The van der Waals surface area contributed by atoms with Gasteiger partial charge in [-0.15, -0.1) is 0 Å². The number of nitrogens with one attached hydrogen (secondary N) is 1. The molecular weight excluding hydrogens is 209 g/mol. The number of fused-ring (bicyclic) bond motifs is 1. The summed E-state index contributed by atoms with van der Waals surface area (Å²) >= 11 is 5.75. The van der Waals surface area contributed by atoms with Gasteiger partial charge in [0.25, 0.3) is 0 Å². The summed E-state index contributed by atoms with van der Waals surface area (Å²) in [6, 6.07) is 3.88. The van der Waals surface area contributed by atoms with E-state index in [1.54, 1.807) is 0 Å². The fourth-order valence-corrected chi connectivity index (χ4v) is 1.56. The summed E-state index contributed by atoms with van der Waals surface area (Å²) in [6.45, 7) is 0. The summed E-state index contributed by atoms with van der Waals surface area (Å²) in [6.07, 6.45) is 0. The van der Waals surface area contributed by atoms with Crippen LogP contribution in [0.2, 0.25) is 5.02 Å². The highest BCUT2D eigenvalue weighted by molar-refractivity contribution is 6.38. The molecular formula is C9H5ClFNO2. The van der Waals surface area contributed by atoms with Gasteiger partial charge in [-0.1, -0.05) is 11.6 Å². The number of aromatic amines is 1. The van der Waals surface area contributed by atoms with Crippen LogP contribution in [-0.4, -0.2) is 16.1 Å². The maximum Gasteiger partial charge on any atom is 0.353 e. The van der Waals surface area contributed by atoms with Crippen LogP contribution in [0.25, 0.3) is 10.9 Å². The number of hydrogen-bond donors (Lipinski definition) is 2. The second-order valence-electron chi connectivity index (χ2n) is 2.81. The quantitative estimate of drug-likeness (QED) is 0.765. The van der Waals surface area contributed by atoms with Crippen LogP contribution in [0.4, 0.5) is 4.39 Å². The van der Waals surface area contributed by atoms with Gasteiger partial charge in [-0.25, -0.2) is 9.18 Å². The lowest BCUT2D eigenvalue weighted by atomic mass is 10.2. The molecule has 0 saturated heterocycles. The Labute approximate surface area is 83.1 Å². The van der Waals surface area contributed by atoms with Crippen molar-refractivity contribution in [2.24, 2.45) is 0 Å². The number of benzene rings is 1. The Morgan fingerprint density at radius 2 is 2.21 bits per heavy atom. The molecule has 0 bridgehead atoms. The summed E-state index contributed by atoms with van der Waals surface area (Å²) in [5.41, 5.74) is 0.390. The number of carbonyl (C=O) groups is 1. The van der Waals surface area contributed by atoms with E-state index in [4.69, 9.17) is 16.7 Å². The minimum absolute atomic E-state index is 0.0343. The van der Waals surface area contributed by atoms with Crippen molar-refractivity contribution >= 4 is 28.5 Å². The topological polar surface area (TPSA) is 53.1 Å². The van der Waals surface area contributed by atoms with Gasteiger partial charge in [-0.2, -0.15) is 0 Å². The van der Waals surface area contributed by atoms with E-state index in [1.165, 1.54) is 18.2 Å². The molecule has 2 rings (SSSR count). The van der Waals surface area contributed by atoms with Gasteiger partial charge in [-0.05, 0) is 18.2 Å². The lowest BCUT2D eigenvalue weighted by Crippen LogP contribution is -1.96. The van der Waals surface area contributed by atoms with E-state index in [0.29, 0.717) is 10.9 Å². The van der Waals surface area contributed by atoms with Gasteiger partial charge in [0, 0.05) is 10.9 Å². The van der Waals surface area contributed by atoms with Crippen molar-refractivity contribution < 1.29 is 14.3 Å². The number of aromatic nitrogens is 1. The molecule has 5 heteroatoms. The normalized spacial score (nSPS) is 10.7. The molecule has 0 radical (unpaired) electrons. The average Bonchev–Trinajstić information content (AvgIpc) is 2.44. The Morgan fingerprint density at radius 3 is 2.86 bits per heavy atom. The zero-order chi connectivity index (χ0) is 10.3. The molecule has 1 aromatic carbocycles. The number of carboxylic acids is 1. The predicted octanol–water partition coefficient (Wildman–Crippen LogP) is 2.66. The molecule has 2 aromatic rings. The molecule has 0 saturated carbocycles.